The Bertz CT molecular complexity index is 886. The molecule has 0 saturated heterocycles. The zero-order valence-corrected chi connectivity index (χ0v) is 14.0. The molecule has 0 aliphatic carbocycles. The molecule has 0 aliphatic rings. The van der Waals surface area contributed by atoms with E-state index in [0.717, 1.165) is 0 Å². The van der Waals surface area contributed by atoms with Crippen molar-refractivity contribution in [3.8, 4) is 0 Å². The lowest BCUT2D eigenvalue weighted by atomic mass is 10.2. The average molecular weight is 415 g/mol. The van der Waals surface area contributed by atoms with Crippen LogP contribution in [0, 0.1) is 0 Å². The molecule has 148 valence electrons. The van der Waals surface area contributed by atoms with Crippen molar-refractivity contribution in [2.45, 2.75) is 23.1 Å². The van der Waals surface area contributed by atoms with Gasteiger partial charge in [0, 0.05) is 5.56 Å². The van der Waals surface area contributed by atoms with Crippen molar-refractivity contribution < 1.29 is 44.0 Å². The molecule has 1 amide bonds. The summed E-state index contributed by atoms with van der Waals surface area (Å²) in [7, 11) is -5.63. The van der Waals surface area contributed by atoms with Gasteiger partial charge in [0.2, 0.25) is 0 Å². The molecule has 5 nitrogen and oxygen atoms in total. The van der Waals surface area contributed by atoms with Crippen molar-refractivity contribution in [1.82, 2.24) is 4.90 Å². The number of carbonyl (C=O) groups excluding carboxylic acids is 1. The van der Waals surface area contributed by atoms with Crippen molar-refractivity contribution in [3.63, 3.8) is 0 Å². The van der Waals surface area contributed by atoms with Crippen LogP contribution in [-0.4, -0.2) is 37.5 Å². The maximum Gasteiger partial charge on any atom is 0.501 e. The van der Waals surface area contributed by atoms with E-state index in [0.29, 0.717) is 29.2 Å². The summed E-state index contributed by atoms with van der Waals surface area (Å²) >= 11 is 0. The van der Waals surface area contributed by atoms with E-state index in [2.05, 4.69) is 0 Å². The maximum atomic E-state index is 12.7. The molecule has 0 fully saturated rings. The Morgan fingerprint density at radius 1 is 1.00 bits per heavy atom. The second kappa shape index (κ2) is 7.25. The number of benzene rings is 1. The highest BCUT2D eigenvalue weighted by molar-refractivity contribution is 7.92. The molecular weight excluding hydrogens is 404 g/mol. The first kappa shape index (κ1) is 20.8. The molecule has 0 atom stereocenters. The molecule has 0 aliphatic heterocycles. The third-order valence-corrected chi connectivity index (χ3v) is 4.80. The Balaban J connectivity index is 2.29. The van der Waals surface area contributed by atoms with E-state index in [1.165, 1.54) is 18.4 Å². The van der Waals surface area contributed by atoms with Crippen LogP contribution in [0.25, 0.3) is 0 Å². The van der Waals surface area contributed by atoms with Crippen LogP contribution in [0.5, 0.6) is 0 Å². The fourth-order valence-corrected chi connectivity index (χ4v) is 2.86. The molecule has 0 N–H and O–H groups in total. The zero-order chi connectivity index (χ0) is 20.5. The highest BCUT2D eigenvalue weighted by Crippen LogP contribution is 2.30. The first-order valence-electron chi connectivity index (χ1n) is 7.11. The number of halogens is 6. The van der Waals surface area contributed by atoms with E-state index in [1.54, 1.807) is 0 Å². The van der Waals surface area contributed by atoms with Gasteiger partial charge in [-0.1, -0.05) is 0 Å². The normalized spacial score (nSPS) is 12.8. The van der Waals surface area contributed by atoms with Gasteiger partial charge in [0.15, 0.2) is 0 Å². The smallest absolute Gasteiger partial charge is 0.467 e. The average Bonchev–Trinajstić information content (AvgIpc) is 3.04. The van der Waals surface area contributed by atoms with Crippen molar-refractivity contribution in [1.29, 1.82) is 0 Å². The summed E-state index contributed by atoms with van der Waals surface area (Å²) in [5.41, 5.74) is -5.95. The summed E-state index contributed by atoms with van der Waals surface area (Å²) < 4.78 is 103. The molecule has 0 saturated carbocycles. The maximum absolute atomic E-state index is 12.7. The first-order chi connectivity index (χ1) is 12.3. The van der Waals surface area contributed by atoms with Crippen LogP contribution in [0.15, 0.2) is 52.0 Å². The van der Waals surface area contributed by atoms with Gasteiger partial charge < -0.3 is 9.32 Å². The van der Waals surface area contributed by atoms with Gasteiger partial charge in [-0.05, 0) is 36.4 Å². The molecule has 0 spiro atoms. The molecule has 27 heavy (non-hydrogen) atoms. The topological polar surface area (TPSA) is 67.6 Å². The van der Waals surface area contributed by atoms with E-state index in [-0.39, 0.29) is 5.76 Å². The summed E-state index contributed by atoms with van der Waals surface area (Å²) in [6, 6.07) is 5.19. The number of rotatable bonds is 5. The lowest BCUT2D eigenvalue weighted by molar-refractivity contribution is -0.142. The van der Waals surface area contributed by atoms with Gasteiger partial charge in [0.05, 0.1) is 17.7 Å². The fourth-order valence-electron chi connectivity index (χ4n) is 2.10. The Morgan fingerprint density at radius 3 is 2.04 bits per heavy atom. The highest BCUT2D eigenvalue weighted by Gasteiger charge is 2.46. The quantitative estimate of drug-likeness (QED) is 0.698. The Labute approximate surface area is 149 Å². The molecule has 1 heterocycles. The summed E-state index contributed by atoms with van der Waals surface area (Å²) in [6.07, 6.45) is -3.54. The summed E-state index contributed by atoms with van der Waals surface area (Å²) in [5, 5.41) is 0. The molecule has 1 aromatic carbocycles. The Hall–Kier alpha value is -2.50. The minimum Gasteiger partial charge on any atom is -0.467 e. The summed E-state index contributed by atoms with van der Waals surface area (Å²) in [5.74, 6) is -1.09. The van der Waals surface area contributed by atoms with Crippen LogP contribution in [0.1, 0.15) is 16.1 Å². The van der Waals surface area contributed by atoms with E-state index in [9.17, 15) is 39.6 Å². The van der Waals surface area contributed by atoms with Gasteiger partial charge in [-0.15, -0.1) is 0 Å². The van der Waals surface area contributed by atoms with Crippen molar-refractivity contribution >= 4 is 15.7 Å². The predicted molar refractivity (Wildman–Crippen MR) is 79.2 cm³/mol. The largest absolute Gasteiger partial charge is 0.501 e. The fraction of sp³-hybridized carbons (Fsp3) is 0.267. The highest BCUT2D eigenvalue weighted by atomic mass is 32.2. The van der Waals surface area contributed by atoms with E-state index >= 15 is 0 Å². The van der Waals surface area contributed by atoms with E-state index < -0.39 is 51.0 Å². The molecule has 2 rings (SSSR count). The molecule has 0 bridgehead atoms. The molecule has 12 heteroatoms. The van der Waals surface area contributed by atoms with Gasteiger partial charge >= 0.3 is 11.7 Å². The predicted octanol–water partition coefficient (Wildman–Crippen LogP) is 3.78. The lowest BCUT2D eigenvalue weighted by Gasteiger charge is -2.23. The van der Waals surface area contributed by atoms with E-state index in [4.69, 9.17) is 4.42 Å². The Morgan fingerprint density at radius 2 is 1.59 bits per heavy atom. The number of hydrogen-bond acceptors (Lipinski definition) is 4. The molecular formula is C15H11F6NO4S. The number of nitrogens with zero attached hydrogens (tertiary/aromatic N) is 1. The minimum atomic E-state index is -5.63. The summed E-state index contributed by atoms with van der Waals surface area (Å²) in [4.78, 5) is 11.6. The van der Waals surface area contributed by atoms with Crippen LogP contribution < -0.4 is 0 Å². The van der Waals surface area contributed by atoms with Crippen LogP contribution in [0.4, 0.5) is 26.3 Å². The SMILES string of the molecule is O=C(c1ccc(S(=O)(=O)C(F)(F)F)cc1)N(Cc1ccco1)CC(F)(F)F. The number of hydrogen-bond donors (Lipinski definition) is 0. The first-order valence-corrected chi connectivity index (χ1v) is 8.59. The Kier molecular flexibility index (Phi) is 5.59. The third kappa shape index (κ3) is 5.02. The van der Waals surface area contributed by atoms with Gasteiger partial charge in [-0.25, -0.2) is 8.42 Å². The number of sulfone groups is 1. The van der Waals surface area contributed by atoms with Crippen LogP contribution in [0.3, 0.4) is 0 Å². The number of carbonyl (C=O) groups is 1. The monoisotopic (exact) mass is 415 g/mol. The molecule has 0 radical (unpaired) electrons. The zero-order valence-electron chi connectivity index (χ0n) is 13.2. The molecule has 1 aromatic heterocycles. The second-order valence-corrected chi connectivity index (χ2v) is 7.27. The minimum absolute atomic E-state index is 0.0591. The van der Waals surface area contributed by atoms with Crippen LogP contribution in [-0.2, 0) is 16.4 Å². The number of alkyl halides is 6. The number of furan rings is 1. The summed E-state index contributed by atoms with van der Waals surface area (Å²) in [6.45, 7) is -2.16. The van der Waals surface area contributed by atoms with Gasteiger partial charge in [-0.2, -0.15) is 26.3 Å². The third-order valence-electron chi connectivity index (χ3n) is 3.30. The molecule has 2 aromatic rings. The van der Waals surface area contributed by atoms with Crippen LogP contribution in [0.2, 0.25) is 0 Å². The van der Waals surface area contributed by atoms with E-state index in [1.807, 2.05) is 0 Å². The van der Waals surface area contributed by atoms with Gasteiger partial charge in [0.25, 0.3) is 15.7 Å². The van der Waals surface area contributed by atoms with Gasteiger partial charge in [0.1, 0.15) is 12.3 Å². The van der Waals surface area contributed by atoms with Crippen molar-refractivity contribution in [2.75, 3.05) is 6.54 Å². The van der Waals surface area contributed by atoms with Crippen molar-refractivity contribution in [3.05, 3.63) is 54.0 Å². The molecule has 0 unspecified atom stereocenters. The van der Waals surface area contributed by atoms with Crippen LogP contribution >= 0.6 is 0 Å². The van der Waals surface area contributed by atoms with Crippen molar-refractivity contribution in [2.24, 2.45) is 0 Å². The lowest BCUT2D eigenvalue weighted by Crippen LogP contribution is -2.38. The number of amides is 1. The second-order valence-electron chi connectivity index (χ2n) is 5.33. The van der Waals surface area contributed by atoms with Gasteiger partial charge in [-0.3, -0.25) is 4.79 Å². The standard InChI is InChI=1S/C15H11F6NO4S/c16-14(17,18)9-22(8-11-2-1-7-26-11)13(23)10-3-5-12(6-4-10)27(24,25)15(19,20)21/h1-7H,8-9H2.